The van der Waals surface area contributed by atoms with Crippen LogP contribution >= 0.6 is 23.4 Å². The summed E-state index contributed by atoms with van der Waals surface area (Å²) >= 11 is 7.40. The minimum Gasteiger partial charge on any atom is -0.496 e. The summed E-state index contributed by atoms with van der Waals surface area (Å²) in [6, 6.07) is 11.2. The van der Waals surface area contributed by atoms with Gasteiger partial charge in [-0.25, -0.2) is 4.98 Å². The van der Waals surface area contributed by atoms with E-state index in [2.05, 4.69) is 15.2 Å². The first-order valence-electron chi connectivity index (χ1n) is 8.43. The second-order valence-electron chi connectivity index (χ2n) is 6.25. The molecule has 1 aromatic heterocycles. The molecule has 0 aliphatic rings. The number of aromatic amines is 1. The Morgan fingerprint density at radius 2 is 2.00 bits per heavy atom. The average molecular weight is 402 g/mol. The summed E-state index contributed by atoms with van der Waals surface area (Å²) in [5.74, 6) is 1.25. The van der Waals surface area contributed by atoms with E-state index in [-0.39, 0.29) is 11.0 Å². The number of halogens is 1. The van der Waals surface area contributed by atoms with Gasteiger partial charge in [0.2, 0.25) is 5.16 Å². The van der Waals surface area contributed by atoms with E-state index in [1.165, 1.54) is 11.8 Å². The number of nitrogens with one attached hydrogen (secondary N) is 1. The largest absolute Gasteiger partial charge is 0.496 e. The number of ketones is 1. The Balaban J connectivity index is 1.80. The molecule has 0 spiro atoms. The predicted molar refractivity (Wildman–Crippen MR) is 109 cm³/mol. The number of thioether (sulfide) groups is 1. The Labute approximate surface area is 167 Å². The first-order chi connectivity index (χ1) is 12.9. The maximum absolute atomic E-state index is 12.8. The summed E-state index contributed by atoms with van der Waals surface area (Å²) in [4.78, 5) is 17.3. The highest BCUT2D eigenvalue weighted by molar-refractivity contribution is 8.00. The number of methoxy groups -OCH3 is 1. The van der Waals surface area contributed by atoms with Crippen LogP contribution in [0.4, 0.5) is 0 Å². The van der Waals surface area contributed by atoms with Gasteiger partial charge >= 0.3 is 0 Å². The van der Waals surface area contributed by atoms with Crippen molar-refractivity contribution < 1.29 is 9.53 Å². The molecule has 0 saturated heterocycles. The second-order valence-corrected chi connectivity index (χ2v) is 8.00. The monoisotopic (exact) mass is 401 g/mol. The Hall–Kier alpha value is -2.31. The maximum atomic E-state index is 12.8. The number of ether oxygens (including phenoxy) is 1. The SMILES string of the molecule is COc1ccc(Cl)cc1-c1nc(SC(C)C(=O)c2cc(C)ccc2C)n[nH]1. The normalized spacial score (nSPS) is 12.0. The molecule has 0 aliphatic carbocycles. The van der Waals surface area contributed by atoms with Crippen molar-refractivity contribution in [2.75, 3.05) is 7.11 Å². The van der Waals surface area contributed by atoms with Gasteiger partial charge in [-0.05, 0) is 50.6 Å². The van der Waals surface area contributed by atoms with Crippen LogP contribution in [-0.4, -0.2) is 33.3 Å². The first kappa shape index (κ1) is 19.5. The molecule has 1 N–H and O–H groups in total. The van der Waals surface area contributed by atoms with E-state index < -0.39 is 0 Å². The van der Waals surface area contributed by atoms with E-state index >= 15 is 0 Å². The van der Waals surface area contributed by atoms with Crippen LogP contribution in [0.25, 0.3) is 11.4 Å². The zero-order valence-corrected chi connectivity index (χ0v) is 17.1. The van der Waals surface area contributed by atoms with Gasteiger partial charge in [-0.1, -0.05) is 41.1 Å². The van der Waals surface area contributed by atoms with Crippen LogP contribution < -0.4 is 4.74 Å². The summed E-state index contributed by atoms with van der Waals surface area (Å²) in [6.07, 6.45) is 0. The fourth-order valence-electron chi connectivity index (χ4n) is 2.72. The van der Waals surface area contributed by atoms with Crippen molar-refractivity contribution in [3.05, 3.63) is 58.1 Å². The molecule has 1 atom stereocenters. The van der Waals surface area contributed by atoms with Crippen molar-refractivity contribution in [2.45, 2.75) is 31.2 Å². The molecule has 0 aliphatic heterocycles. The number of hydrogen-bond donors (Lipinski definition) is 1. The highest BCUT2D eigenvalue weighted by Gasteiger charge is 2.21. The molecule has 0 amide bonds. The summed E-state index contributed by atoms with van der Waals surface area (Å²) in [6.45, 7) is 5.79. The van der Waals surface area contributed by atoms with Crippen molar-refractivity contribution in [1.82, 2.24) is 15.2 Å². The predicted octanol–water partition coefficient (Wildman–Crippen LogP) is 5.11. The molecule has 3 rings (SSSR count). The van der Waals surface area contributed by atoms with Crippen LogP contribution in [0.2, 0.25) is 5.02 Å². The van der Waals surface area contributed by atoms with E-state index in [4.69, 9.17) is 16.3 Å². The molecule has 1 heterocycles. The molecule has 0 bridgehead atoms. The van der Waals surface area contributed by atoms with Gasteiger partial charge in [-0.2, -0.15) is 0 Å². The molecule has 3 aromatic rings. The lowest BCUT2D eigenvalue weighted by Gasteiger charge is -2.11. The third-order valence-electron chi connectivity index (χ3n) is 4.19. The number of aryl methyl sites for hydroxylation is 2. The summed E-state index contributed by atoms with van der Waals surface area (Å²) in [5, 5.41) is 7.89. The van der Waals surface area contributed by atoms with E-state index in [9.17, 15) is 4.79 Å². The first-order valence-corrected chi connectivity index (χ1v) is 9.69. The maximum Gasteiger partial charge on any atom is 0.209 e. The Morgan fingerprint density at radius 1 is 1.22 bits per heavy atom. The van der Waals surface area contributed by atoms with Crippen molar-refractivity contribution in [3.8, 4) is 17.1 Å². The molecule has 27 heavy (non-hydrogen) atoms. The van der Waals surface area contributed by atoms with Gasteiger partial charge in [0.15, 0.2) is 11.6 Å². The number of hydrogen-bond acceptors (Lipinski definition) is 5. The highest BCUT2D eigenvalue weighted by atomic mass is 35.5. The molecule has 7 heteroatoms. The smallest absolute Gasteiger partial charge is 0.209 e. The Kier molecular flexibility index (Phi) is 5.87. The molecule has 140 valence electrons. The minimum absolute atomic E-state index is 0.0629. The van der Waals surface area contributed by atoms with Gasteiger partial charge in [0.25, 0.3) is 0 Å². The van der Waals surface area contributed by atoms with Crippen LogP contribution in [-0.2, 0) is 0 Å². The van der Waals surface area contributed by atoms with Crippen LogP contribution in [0.15, 0.2) is 41.6 Å². The van der Waals surface area contributed by atoms with Crippen molar-refractivity contribution >= 4 is 29.1 Å². The second kappa shape index (κ2) is 8.15. The molecular formula is C20H20ClN3O2S. The fourth-order valence-corrected chi connectivity index (χ4v) is 3.68. The third-order valence-corrected chi connectivity index (χ3v) is 5.39. The lowest BCUT2D eigenvalue weighted by Crippen LogP contribution is -2.15. The Morgan fingerprint density at radius 3 is 2.74 bits per heavy atom. The molecule has 0 radical (unpaired) electrons. The molecule has 5 nitrogen and oxygen atoms in total. The third kappa shape index (κ3) is 4.34. The number of carbonyl (C=O) groups is 1. The summed E-state index contributed by atoms with van der Waals surface area (Å²) in [5.41, 5.74) is 3.49. The van der Waals surface area contributed by atoms with Crippen LogP contribution in [0, 0.1) is 13.8 Å². The van der Waals surface area contributed by atoms with Gasteiger partial charge < -0.3 is 4.74 Å². The zero-order valence-electron chi connectivity index (χ0n) is 15.5. The molecule has 0 fully saturated rings. The van der Waals surface area contributed by atoms with Crippen molar-refractivity contribution in [1.29, 1.82) is 0 Å². The van der Waals surface area contributed by atoms with E-state index in [1.807, 2.05) is 39.0 Å². The average Bonchev–Trinajstić information content (AvgIpc) is 3.11. The number of Topliss-reactive ketones (excluding diaryl/α,β-unsaturated/α-hetero) is 1. The number of rotatable bonds is 6. The number of carbonyl (C=O) groups excluding carboxylic acids is 1. The molecule has 2 aromatic carbocycles. The van der Waals surface area contributed by atoms with E-state index in [1.54, 1.807) is 25.3 Å². The van der Waals surface area contributed by atoms with Crippen LogP contribution in [0.1, 0.15) is 28.4 Å². The molecule has 1 unspecified atom stereocenters. The topological polar surface area (TPSA) is 67.9 Å². The highest BCUT2D eigenvalue weighted by Crippen LogP contribution is 2.32. The zero-order chi connectivity index (χ0) is 19.6. The van der Waals surface area contributed by atoms with Gasteiger partial charge in [0.1, 0.15) is 5.75 Å². The quantitative estimate of drug-likeness (QED) is 0.459. The van der Waals surface area contributed by atoms with Gasteiger partial charge in [0.05, 0.1) is 17.9 Å². The fraction of sp³-hybridized carbons (Fsp3) is 0.250. The van der Waals surface area contributed by atoms with Crippen LogP contribution in [0.5, 0.6) is 5.75 Å². The standard InChI is InChI=1S/C20H20ClN3O2S/c1-11-5-6-12(2)15(9-11)18(25)13(3)27-20-22-19(23-24-20)16-10-14(21)7-8-17(16)26-4/h5-10,13H,1-4H3,(H,22,23,24). The number of benzene rings is 2. The number of aromatic nitrogens is 3. The van der Waals surface area contributed by atoms with Gasteiger partial charge in [-0.15, -0.1) is 5.10 Å². The molecular weight excluding hydrogens is 382 g/mol. The van der Waals surface area contributed by atoms with Crippen molar-refractivity contribution in [2.24, 2.45) is 0 Å². The lowest BCUT2D eigenvalue weighted by molar-refractivity contribution is 0.0993. The Bertz CT molecular complexity index is 987. The molecule has 0 saturated carbocycles. The van der Waals surface area contributed by atoms with Gasteiger partial charge in [-0.3, -0.25) is 9.89 Å². The minimum atomic E-state index is -0.310. The van der Waals surface area contributed by atoms with Crippen LogP contribution in [0.3, 0.4) is 0 Å². The lowest BCUT2D eigenvalue weighted by atomic mass is 10.0. The summed E-state index contributed by atoms with van der Waals surface area (Å²) < 4.78 is 5.36. The van der Waals surface area contributed by atoms with Crippen molar-refractivity contribution in [3.63, 3.8) is 0 Å². The number of H-pyrrole nitrogens is 1. The van der Waals surface area contributed by atoms with Gasteiger partial charge in [0, 0.05) is 10.6 Å². The van der Waals surface area contributed by atoms with E-state index in [0.29, 0.717) is 21.8 Å². The van der Waals surface area contributed by atoms with E-state index in [0.717, 1.165) is 22.3 Å². The summed E-state index contributed by atoms with van der Waals surface area (Å²) in [7, 11) is 1.59. The number of nitrogens with zero attached hydrogens (tertiary/aromatic N) is 2.